The Morgan fingerprint density at radius 3 is 2.70 bits per heavy atom. The molecule has 2 aromatic carbocycles. The Hall–Kier alpha value is -2.01. The Morgan fingerprint density at radius 1 is 1.25 bits per heavy atom. The lowest BCUT2D eigenvalue weighted by Crippen LogP contribution is -2.10. The molecule has 0 heterocycles. The first-order valence-electron chi connectivity index (χ1n) is 5.96. The zero-order valence-electron chi connectivity index (χ0n) is 10.9. The summed E-state index contributed by atoms with van der Waals surface area (Å²) in [5, 5.41) is 0. The maximum Gasteiger partial charge on any atom is 0.344 e. The van der Waals surface area contributed by atoms with Crippen molar-refractivity contribution in [1.82, 2.24) is 0 Å². The van der Waals surface area contributed by atoms with Crippen LogP contribution in [0.5, 0.6) is 5.75 Å². The van der Waals surface area contributed by atoms with E-state index < -0.39 is 5.97 Å². The van der Waals surface area contributed by atoms with Crippen LogP contribution in [0.1, 0.15) is 15.9 Å². The number of benzene rings is 2. The summed E-state index contributed by atoms with van der Waals surface area (Å²) in [6.07, 6.45) is 0. The molecule has 0 saturated heterocycles. The third kappa shape index (κ3) is 3.30. The SMILES string of the molecule is COc1cccc(N)c1C(=O)OCc1cccc(Br)c1. The van der Waals surface area contributed by atoms with Crippen molar-refractivity contribution < 1.29 is 14.3 Å². The van der Waals surface area contributed by atoms with Gasteiger partial charge < -0.3 is 15.2 Å². The summed E-state index contributed by atoms with van der Waals surface area (Å²) >= 11 is 3.37. The molecule has 2 aromatic rings. The number of carbonyl (C=O) groups excluding carboxylic acids is 1. The molecule has 0 amide bonds. The van der Waals surface area contributed by atoms with Crippen molar-refractivity contribution in [3.63, 3.8) is 0 Å². The van der Waals surface area contributed by atoms with Gasteiger partial charge in [0.15, 0.2) is 0 Å². The Labute approximate surface area is 125 Å². The zero-order chi connectivity index (χ0) is 14.5. The minimum Gasteiger partial charge on any atom is -0.496 e. The van der Waals surface area contributed by atoms with Crippen molar-refractivity contribution in [3.05, 3.63) is 58.1 Å². The highest BCUT2D eigenvalue weighted by Crippen LogP contribution is 2.25. The topological polar surface area (TPSA) is 61.5 Å². The summed E-state index contributed by atoms with van der Waals surface area (Å²) in [4.78, 5) is 12.1. The van der Waals surface area contributed by atoms with Crippen molar-refractivity contribution in [2.45, 2.75) is 6.61 Å². The molecule has 20 heavy (non-hydrogen) atoms. The highest BCUT2D eigenvalue weighted by molar-refractivity contribution is 9.10. The maximum atomic E-state index is 12.1. The van der Waals surface area contributed by atoms with E-state index in [1.165, 1.54) is 7.11 Å². The van der Waals surface area contributed by atoms with E-state index in [9.17, 15) is 4.79 Å². The van der Waals surface area contributed by atoms with Gasteiger partial charge in [0.2, 0.25) is 0 Å². The predicted molar refractivity (Wildman–Crippen MR) is 80.7 cm³/mol. The summed E-state index contributed by atoms with van der Waals surface area (Å²) in [5.74, 6) is -0.0934. The third-order valence-corrected chi connectivity index (χ3v) is 3.23. The van der Waals surface area contributed by atoms with Gasteiger partial charge in [-0.3, -0.25) is 0 Å². The second kappa shape index (κ2) is 6.43. The second-order valence-electron chi connectivity index (χ2n) is 4.13. The molecule has 0 aromatic heterocycles. The largest absolute Gasteiger partial charge is 0.496 e. The Balaban J connectivity index is 2.13. The van der Waals surface area contributed by atoms with E-state index in [1.54, 1.807) is 18.2 Å². The van der Waals surface area contributed by atoms with Crippen LogP contribution in [0.15, 0.2) is 46.9 Å². The highest BCUT2D eigenvalue weighted by atomic mass is 79.9. The van der Waals surface area contributed by atoms with Crippen LogP contribution in [0.4, 0.5) is 5.69 Å². The first-order chi connectivity index (χ1) is 9.61. The lowest BCUT2D eigenvalue weighted by molar-refractivity contribution is 0.0470. The molecule has 2 N–H and O–H groups in total. The number of hydrogen-bond donors (Lipinski definition) is 1. The van der Waals surface area contributed by atoms with Gasteiger partial charge in [-0.15, -0.1) is 0 Å². The fraction of sp³-hybridized carbons (Fsp3) is 0.133. The lowest BCUT2D eigenvalue weighted by atomic mass is 10.1. The number of rotatable bonds is 4. The average molecular weight is 336 g/mol. The predicted octanol–water partition coefficient (Wildman–Crippen LogP) is 3.40. The summed E-state index contributed by atoms with van der Waals surface area (Å²) in [6, 6.07) is 12.6. The number of carbonyl (C=O) groups is 1. The maximum absolute atomic E-state index is 12.1. The number of nitrogen functional groups attached to an aromatic ring is 1. The van der Waals surface area contributed by atoms with Crippen LogP contribution in [0.3, 0.4) is 0 Å². The van der Waals surface area contributed by atoms with Gasteiger partial charge in [0.1, 0.15) is 17.9 Å². The third-order valence-electron chi connectivity index (χ3n) is 2.74. The standard InChI is InChI=1S/C15H14BrNO3/c1-19-13-7-3-6-12(17)14(13)15(18)20-9-10-4-2-5-11(16)8-10/h2-8H,9,17H2,1H3. The fourth-order valence-corrected chi connectivity index (χ4v) is 2.23. The van der Waals surface area contributed by atoms with Gasteiger partial charge in [-0.2, -0.15) is 0 Å². The molecule has 0 radical (unpaired) electrons. The summed E-state index contributed by atoms with van der Waals surface area (Å²) in [5.41, 5.74) is 7.28. The summed E-state index contributed by atoms with van der Waals surface area (Å²) < 4.78 is 11.3. The van der Waals surface area contributed by atoms with E-state index in [1.807, 2.05) is 24.3 Å². The van der Waals surface area contributed by atoms with Crippen molar-refractivity contribution >= 4 is 27.6 Å². The van der Waals surface area contributed by atoms with Gasteiger partial charge in [0.25, 0.3) is 0 Å². The Bertz CT molecular complexity index is 628. The van der Waals surface area contributed by atoms with Crippen LogP contribution in [-0.2, 0) is 11.3 Å². The molecule has 0 bridgehead atoms. The minimum absolute atomic E-state index is 0.176. The van der Waals surface area contributed by atoms with Gasteiger partial charge >= 0.3 is 5.97 Å². The molecule has 0 aliphatic heterocycles. The number of ether oxygens (including phenoxy) is 2. The molecular formula is C15H14BrNO3. The summed E-state index contributed by atoms with van der Waals surface area (Å²) in [6.45, 7) is 0.176. The number of anilines is 1. The van der Waals surface area contributed by atoms with Crippen molar-refractivity contribution in [1.29, 1.82) is 0 Å². The van der Waals surface area contributed by atoms with Crippen LogP contribution < -0.4 is 10.5 Å². The van der Waals surface area contributed by atoms with Crippen LogP contribution in [-0.4, -0.2) is 13.1 Å². The number of methoxy groups -OCH3 is 1. The van der Waals surface area contributed by atoms with Gasteiger partial charge in [-0.25, -0.2) is 4.79 Å². The molecular weight excluding hydrogens is 322 g/mol. The first kappa shape index (κ1) is 14.4. The van der Waals surface area contributed by atoms with E-state index in [4.69, 9.17) is 15.2 Å². The quantitative estimate of drug-likeness (QED) is 0.687. The minimum atomic E-state index is -0.500. The van der Waals surface area contributed by atoms with Crippen molar-refractivity contribution in [3.8, 4) is 5.75 Å². The Kier molecular flexibility index (Phi) is 4.63. The molecule has 0 spiro atoms. The van der Waals surface area contributed by atoms with Crippen LogP contribution in [0.2, 0.25) is 0 Å². The smallest absolute Gasteiger partial charge is 0.344 e. The number of hydrogen-bond acceptors (Lipinski definition) is 4. The Morgan fingerprint density at radius 2 is 2.00 bits per heavy atom. The fourth-order valence-electron chi connectivity index (χ4n) is 1.78. The molecule has 0 aliphatic rings. The molecule has 0 atom stereocenters. The van der Waals surface area contributed by atoms with E-state index in [-0.39, 0.29) is 12.2 Å². The molecule has 2 rings (SSSR count). The van der Waals surface area contributed by atoms with E-state index in [0.29, 0.717) is 11.4 Å². The van der Waals surface area contributed by atoms with Crippen molar-refractivity contribution in [2.24, 2.45) is 0 Å². The molecule has 4 nitrogen and oxygen atoms in total. The average Bonchev–Trinajstić information content (AvgIpc) is 2.44. The first-order valence-corrected chi connectivity index (χ1v) is 6.75. The highest BCUT2D eigenvalue weighted by Gasteiger charge is 2.17. The number of esters is 1. The van der Waals surface area contributed by atoms with Crippen LogP contribution >= 0.6 is 15.9 Å². The van der Waals surface area contributed by atoms with Gasteiger partial charge in [0, 0.05) is 10.2 Å². The molecule has 0 saturated carbocycles. The number of halogens is 1. The number of nitrogens with two attached hydrogens (primary N) is 1. The van der Waals surface area contributed by atoms with Gasteiger partial charge in [-0.1, -0.05) is 34.1 Å². The van der Waals surface area contributed by atoms with E-state index in [0.717, 1.165) is 10.0 Å². The second-order valence-corrected chi connectivity index (χ2v) is 5.05. The molecule has 0 fully saturated rings. The molecule has 0 aliphatic carbocycles. The lowest BCUT2D eigenvalue weighted by Gasteiger charge is -2.11. The van der Waals surface area contributed by atoms with E-state index in [2.05, 4.69) is 15.9 Å². The van der Waals surface area contributed by atoms with Gasteiger partial charge in [-0.05, 0) is 29.8 Å². The van der Waals surface area contributed by atoms with Crippen LogP contribution in [0.25, 0.3) is 0 Å². The zero-order valence-corrected chi connectivity index (χ0v) is 12.5. The monoisotopic (exact) mass is 335 g/mol. The molecule has 5 heteroatoms. The normalized spacial score (nSPS) is 10.1. The van der Waals surface area contributed by atoms with Crippen LogP contribution in [0, 0.1) is 0 Å². The van der Waals surface area contributed by atoms with Crippen molar-refractivity contribution in [2.75, 3.05) is 12.8 Å². The van der Waals surface area contributed by atoms with Gasteiger partial charge in [0.05, 0.1) is 7.11 Å². The summed E-state index contributed by atoms with van der Waals surface area (Å²) in [7, 11) is 1.49. The molecule has 104 valence electrons. The van der Waals surface area contributed by atoms with E-state index >= 15 is 0 Å². The molecule has 0 unspecified atom stereocenters.